The SMILES string of the molecule is Cc1nc(N2CCOCC2)c2cccnc2n1. The first-order valence-electron chi connectivity index (χ1n) is 5.76. The van der Waals surface area contributed by atoms with Gasteiger partial charge in [0.25, 0.3) is 0 Å². The summed E-state index contributed by atoms with van der Waals surface area (Å²) in [5.74, 6) is 1.74. The summed E-state index contributed by atoms with van der Waals surface area (Å²) in [6, 6.07) is 3.94. The van der Waals surface area contributed by atoms with Gasteiger partial charge in [0, 0.05) is 19.3 Å². The molecule has 0 unspecified atom stereocenters. The van der Waals surface area contributed by atoms with Crippen molar-refractivity contribution in [3.05, 3.63) is 24.2 Å². The van der Waals surface area contributed by atoms with Crippen LogP contribution in [0.2, 0.25) is 0 Å². The monoisotopic (exact) mass is 230 g/mol. The molecule has 0 spiro atoms. The summed E-state index contributed by atoms with van der Waals surface area (Å²) in [5.41, 5.74) is 0.765. The summed E-state index contributed by atoms with van der Waals surface area (Å²) in [5, 5.41) is 1.01. The number of pyridine rings is 1. The van der Waals surface area contributed by atoms with E-state index in [1.165, 1.54) is 0 Å². The zero-order valence-electron chi connectivity index (χ0n) is 9.76. The molecule has 0 amide bonds. The number of nitrogens with zero attached hydrogens (tertiary/aromatic N) is 4. The van der Waals surface area contributed by atoms with Gasteiger partial charge in [-0.1, -0.05) is 0 Å². The van der Waals surface area contributed by atoms with Crippen LogP contribution in [0.15, 0.2) is 18.3 Å². The highest BCUT2D eigenvalue weighted by molar-refractivity contribution is 5.86. The Bertz CT molecular complexity index is 537. The molecular weight excluding hydrogens is 216 g/mol. The molecule has 2 aromatic rings. The minimum Gasteiger partial charge on any atom is -0.378 e. The van der Waals surface area contributed by atoms with E-state index in [2.05, 4.69) is 19.9 Å². The van der Waals surface area contributed by atoms with Gasteiger partial charge in [-0.2, -0.15) is 0 Å². The first-order valence-corrected chi connectivity index (χ1v) is 5.76. The van der Waals surface area contributed by atoms with Gasteiger partial charge in [-0.05, 0) is 19.1 Å². The van der Waals surface area contributed by atoms with Gasteiger partial charge in [-0.15, -0.1) is 0 Å². The third kappa shape index (κ3) is 1.93. The van der Waals surface area contributed by atoms with Crippen molar-refractivity contribution in [3.8, 4) is 0 Å². The van der Waals surface area contributed by atoms with Crippen LogP contribution < -0.4 is 4.90 Å². The number of ether oxygens (including phenoxy) is 1. The van der Waals surface area contributed by atoms with Crippen molar-refractivity contribution in [1.29, 1.82) is 0 Å². The molecule has 5 nitrogen and oxygen atoms in total. The van der Waals surface area contributed by atoms with E-state index in [1.807, 2.05) is 19.1 Å². The third-order valence-electron chi connectivity index (χ3n) is 2.87. The van der Waals surface area contributed by atoms with Crippen molar-refractivity contribution in [2.45, 2.75) is 6.92 Å². The molecule has 1 aliphatic rings. The van der Waals surface area contributed by atoms with Crippen molar-refractivity contribution in [2.24, 2.45) is 0 Å². The highest BCUT2D eigenvalue weighted by Gasteiger charge is 2.16. The Balaban J connectivity index is 2.13. The lowest BCUT2D eigenvalue weighted by molar-refractivity contribution is 0.122. The van der Waals surface area contributed by atoms with Crippen LogP contribution in [0.3, 0.4) is 0 Å². The fourth-order valence-corrected chi connectivity index (χ4v) is 2.07. The van der Waals surface area contributed by atoms with E-state index in [-0.39, 0.29) is 0 Å². The third-order valence-corrected chi connectivity index (χ3v) is 2.87. The number of rotatable bonds is 1. The normalized spacial score (nSPS) is 16.4. The summed E-state index contributed by atoms with van der Waals surface area (Å²) in [4.78, 5) is 15.4. The number of morpholine rings is 1. The van der Waals surface area contributed by atoms with Crippen LogP contribution in [0.4, 0.5) is 5.82 Å². The minimum absolute atomic E-state index is 0.755. The zero-order chi connectivity index (χ0) is 11.7. The molecule has 3 heterocycles. The molecule has 0 N–H and O–H groups in total. The second-order valence-electron chi connectivity index (χ2n) is 4.07. The molecule has 5 heteroatoms. The molecule has 0 aromatic carbocycles. The minimum atomic E-state index is 0.755. The first-order chi connectivity index (χ1) is 8.34. The van der Waals surface area contributed by atoms with Gasteiger partial charge >= 0.3 is 0 Å². The first kappa shape index (κ1) is 10.4. The van der Waals surface area contributed by atoms with Crippen LogP contribution in [0, 0.1) is 6.92 Å². The Labute approximate surface area is 99.5 Å². The van der Waals surface area contributed by atoms with E-state index in [9.17, 15) is 0 Å². The van der Waals surface area contributed by atoms with E-state index in [0.29, 0.717) is 0 Å². The molecule has 0 saturated carbocycles. The van der Waals surface area contributed by atoms with Gasteiger partial charge in [0.1, 0.15) is 11.6 Å². The second kappa shape index (κ2) is 4.25. The maximum Gasteiger partial charge on any atom is 0.164 e. The number of anilines is 1. The van der Waals surface area contributed by atoms with E-state index < -0.39 is 0 Å². The molecule has 88 valence electrons. The molecule has 0 aliphatic carbocycles. The molecule has 3 rings (SSSR count). The number of aryl methyl sites for hydroxylation is 1. The van der Waals surface area contributed by atoms with Gasteiger partial charge in [-0.3, -0.25) is 0 Å². The van der Waals surface area contributed by atoms with E-state index in [4.69, 9.17) is 4.74 Å². The molecule has 1 aliphatic heterocycles. The molecule has 0 bridgehead atoms. The van der Waals surface area contributed by atoms with Gasteiger partial charge in [-0.25, -0.2) is 15.0 Å². The Morgan fingerprint density at radius 1 is 1.24 bits per heavy atom. The average Bonchev–Trinajstić information content (AvgIpc) is 2.39. The predicted octanol–water partition coefficient (Wildman–Crippen LogP) is 1.17. The molecule has 17 heavy (non-hydrogen) atoms. The zero-order valence-corrected chi connectivity index (χ0v) is 9.76. The second-order valence-corrected chi connectivity index (χ2v) is 4.07. The van der Waals surface area contributed by atoms with E-state index >= 15 is 0 Å². The number of hydrogen-bond donors (Lipinski definition) is 0. The predicted molar refractivity (Wildman–Crippen MR) is 65.1 cm³/mol. The summed E-state index contributed by atoms with van der Waals surface area (Å²) < 4.78 is 5.36. The molecule has 2 aromatic heterocycles. The topological polar surface area (TPSA) is 51.1 Å². The maximum atomic E-state index is 5.36. The molecule has 0 radical (unpaired) electrons. The lowest BCUT2D eigenvalue weighted by Crippen LogP contribution is -2.37. The van der Waals surface area contributed by atoms with Crippen molar-refractivity contribution in [3.63, 3.8) is 0 Å². The fraction of sp³-hybridized carbons (Fsp3) is 0.417. The van der Waals surface area contributed by atoms with Crippen LogP contribution in [-0.2, 0) is 4.74 Å². The molecular formula is C12H14N4O. The van der Waals surface area contributed by atoms with Crippen molar-refractivity contribution >= 4 is 16.9 Å². The summed E-state index contributed by atoms with van der Waals surface area (Å²) in [7, 11) is 0. The van der Waals surface area contributed by atoms with Crippen molar-refractivity contribution in [1.82, 2.24) is 15.0 Å². The Kier molecular flexibility index (Phi) is 2.60. The molecule has 1 fully saturated rings. The van der Waals surface area contributed by atoms with Crippen LogP contribution >= 0.6 is 0 Å². The van der Waals surface area contributed by atoms with Gasteiger partial charge in [0.15, 0.2) is 5.65 Å². The van der Waals surface area contributed by atoms with Gasteiger partial charge in [0.2, 0.25) is 0 Å². The van der Waals surface area contributed by atoms with Crippen molar-refractivity contribution < 1.29 is 4.74 Å². The Morgan fingerprint density at radius 2 is 2.06 bits per heavy atom. The summed E-state index contributed by atoms with van der Waals surface area (Å²) in [6.45, 7) is 5.16. The van der Waals surface area contributed by atoms with E-state index in [1.54, 1.807) is 6.20 Å². The smallest absolute Gasteiger partial charge is 0.164 e. The van der Waals surface area contributed by atoms with Crippen LogP contribution in [0.5, 0.6) is 0 Å². The highest BCUT2D eigenvalue weighted by Crippen LogP contribution is 2.22. The average molecular weight is 230 g/mol. The standard InChI is InChI=1S/C12H14N4O/c1-9-14-11-10(3-2-4-13-11)12(15-9)16-5-7-17-8-6-16/h2-4H,5-8H2,1H3. The van der Waals surface area contributed by atoms with Gasteiger partial charge in [0.05, 0.1) is 18.6 Å². The number of aromatic nitrogens is 3. The lowest BCUT2D eigenvalue weighted by atomic mass is 10.2. The Hall–Kier alpha value is -1.75. The van der Waals surface area contributed by atoms with Crippen LogP contribution in [0.25, 0.3) is 11.0 Å². The van der Waals surface area contributed by atoms with Gasteiger partial charge < -0.3 is 9.64 Å². The fourth-order valence-electron chi connectivity index (χ4n) is 2.07. The van der Waals surface area contributed by atoms with E-state index in [0.717, 1.165) is 49.0 Å². The quantitative estimate of drug-likeness (QED) is 0.736. The number of fused-ring (bicyclic) bond motifs is 1. The lowest BCUT2D eigenvalue weighted by Gasteiger charge is -2.28. The molecule has 0 atom stereocenters. The van der Waals surface area contributed by atoms with Crippen LogP contribution in [-0.4, -0.2) is 41.3 Å². The number of hydrogen-bond acceptors (Lipinski definition) is 5. The molecule has 1 saturated heterocycles. The van der Waals surface area contributed by atoms with Crippen molar-refractivity contribution in [2.75, 3.05) is 31.2 Å². The summed E-state index contributed by atoms with van der Waals surface area (Å²) >= 11 is 0. The van der Waals surface area contributed by atoms with Crippen LogP contribution in [0.1, 0.15) is 5.82 Å². The highest BCUT2D eigenvalue weighted by atomic mass is 16.5. The maximum absolute atomic E-state index is 5.36. The summed E-state index contributed by atoms with van der Waals surface area (Å²) in [6.07, 6.45) is 1.76. The Morgan fingerprint density at radius 3 is 2.88 bits per heavy atom. The largest absolute Gasteiger partial charge is 0.378 e.